The van der Waals surface area contributed by atoms with Gasteiger partial charge in [0.1, 0.15) is 12.2 Å². The van der Waals surface area contributed by atoms with Gasteiger partial charge in [0.05, 0.1) is 12.7 Å². The van der Waals surface area contributed by atoms with Crippen LogP contribution in [0.4, 0.5) is 4.79 Å². The summed E-state index contributed by atoms with van der Waals surface area (Å²) in [5.41, 5.74) is 0.510. The Morgan fingerprint density at radius 2 is 2.29 bits per heavy atom. The molecule has 0 aromatic carbocycles. The lowest BCUT2D eigenvalue weighted by Gasteiger charge is -2.16. The van der Waals surface area contributed by atoms with Crippen molar-refractivity contribution in [3.8, 4) is 0 Å². The zero-order valence-corrected chi connectivity index (χ0v) is 11.6. The molecule has 0 spiro atoms. The summed E-state index contributed by atoms with van der Waals surface area (Å²) in [5, 5.41) is 27.7. The van der Waals surface area contributed by atoms with Crippen LogP contribution in [0.25, 0.3) is 0 Å². The number of hydrogen-bond donors (Lipinski definition) is 3. The van der Waals surface area contributed by atoms with E-state index in [1.54, 1.807) is 4.90 Å². The smallest absolute Gasteiger partial charge is 0.325 e. The molecule has 116 valence electrons. The highest BCUT2D eigenvalue weighted by Gasteiger charge is 2.25. The number of carboxylic acids is 1. The molecule has 21 heavy (non-hydrogen) atoms. The van der Waals surface area contributed by atoms with Crippen LogP contribution < -0.4 is 5.32 Å². The number of carboxylic acid groups (broad SMARTS) is 1. The summed E-state index contributed by atoms with van der Waals surface area (Å²) >= 11 is 0. The second-order valence-electron chi connectivity index (χ2n) is 5.07. The number of rotatable bonds is 6. The average Bonchev–Trinajstić information content (AvgIpc) is 3.05. The number of nitrogens with one attached hydrogen (secondary N) is 1. The Hall–Kier alpha value is -2.16. The molecule has 0 saturated carbocycles. The number of likely N-dealkylation sites (tertiary alicyclic amines) is 1. The van der Waals surface area contributed by atoms with Crippen molar-refractivity contribution in [2.24, 2.45) is 5.92 Å². The topological polar surface area (TPSA) is 121 Å². The van der Waals surface area contributed by atoms with E-state index in [9.17, 15) is 9.59 Å². The molecule has 2 amide bonds. The van der Waals surface area contributed by atoms with Crippen LogP contribution in [-0.2, 0) is 17.9 Å². The number of aliphatic hydroxyl groups excluding tert-OH is 1. The van der Waals surface area contributed by atoms with Gasteiger partial charge in [-0.2, -0.15) is 0 Å². The first-order chi connectivity index (χ1) is 10.1. The van der Waals surface area contributed by atoms with Crippen LogP contribution in [0, 0.1) is 5.92 Å². The number of urea groups is 1. The maximum Gasteiger partial charge on any atom is 0.325 e. The maximum absolute atomic E-state index is 12.0. The van der Waals surface area contributed by atoms with Gasteiger partial charge in [-0.3, -0.25) is 4.79 Å². The lowest BCUT2D eigenvalue weighted by molar-refractivity contribution is -0.137. The molecule has 0 aliphatic carbocycles. The predicted octanol–water partition coefficient (Wildman–Crippen LogP) is -0.723. The first-order valence-electron chi connectivity index (χ1n) is 6.83. The van der Waals surface area contributed by atoms with Crippen LogP contribution in [0.5, 0.6) is 0 Å². The second kappa shape index (κ2) is 7.02. The van der Waals surface area contributed by atoms with E-state index in [1.807, 2.05) is 0 Å². The molecule has 0 radical (unpaired) electrons. The van der Waals surface area contributed by atoms with Crippen LogP contribution in [0.15, 0.2) is 6.20 Å². The van der Waals surface area contributed by atoms with Crippen LogP contribution >= 0.6 is 0 Å². The third kappa shape index (κ3) is 4.42. The molecule has 9 nitrogen and oxygen atoms in total. The Morgan fingerprint density at radius 3 is 3.00 bits per heavy atom. The van der Waals surface area contributed by atoms with Crippen molar-refractivity contribution in [3.05, 3.63) is 11.9 Å². The second-order valence-corrected chi connectivity index (χ2v) is 5.07. The predicted molar refractivity (Wildman–Crippen MR) is 71.3 cm³/mol. The summed E-state index contributed by atoms with van der Waals surface area (Å²) in [6.07, 6.45) is 3.11. The Bertz CT molecular complexity index is 504. The molecule has 1 aliphatic rings. The zero-order valence-electron chi connectivity index (χ0n) is 11.6. The van der Waals surface area contributed by atoms with E-state index >= 15 is 0 Å². The fourth-order valence-electron chi connectivity index (χ4n) is 2.35. The minimum Gasteiger partial charge on any atom is -0.480 e. The minimum atomic E-state index is -0.998. The molecular weight excluding hydrogens is 278 g/mol. The van der Waals surface area contributed by atoms with E-state index in [0.717, 1.165) is 6.42 Å². The molecule has 1 aromatic heterocycles. The molecule has 9 heteroatoms. The molecule has 3 N–H and O–H groups in total. The van der Waals surface area contributed by atoms with Gasteiger partial charge >= 0.3 is 12.0 Å². The molecule has 1 fully saturated rings. The van der Waals surface area contributed by atoms with E-state index in [4.69, 9.17) is 10.2 Å². The summed E-state index contributed by atoms with van der Waals surface area (Å²) in [5.74, 6) is -0.639. The Kier molecular flexibility index (Phi) is 5.09. The van der Waals surface area contributed by atoms with Gasteiger partial charge in [-0.25, -0.2) is 9.48 Å². The molecule has 1 aliphatic heterocycles. The van der Waals surface area contributed by atoms with E-state index < -0.39 is 5.97 Å². The number of carbonyl (C=O) groups is 2. The first kappa shape index (κ1) is 15.2. The van der Waals surface area contributed by atoms with Crippen LogP contribution in [-0.4, -0.2) is 61.8 Å². The Balaban J connectivity index is 1.76. The van der Waals surface area contributed by atoms with E-state index in [0.29, 0.717) is 31.1 Å². The van der Waals surface area contributed by atoms with Crippen molar-refractivity contribution >= 4 is 12.0 Å². The summed E-state index contributed by atoms with van der Waals surface area (Å²) in [4.78, 5) is 24.2. The number of carbonyl (C=O) groups excluding carboxylic acids is 1. The minimum absolute atomic E-state index is 0.146. The number of nitrogens with zero attached hydrogens (tertiary/aromatic N) is 4. The van der Waals surface area contributed by atoms with Crippen LogP contribution in [0.1, 0.15) is 18.5 Å². The lowest BCUT2D eigenvalue weighted by Crippen LogP contribution is -2.38. The van der Waals surface area contributed by atoms with Gasteiger partial charge in [0.15, 0.2) is 0 Å². The summed E-state index contributed by atoms with van der Waals surface area (Å²) in [6, 6.07) is -0.178. The van der Waals surface area contributed by atoms with Crippen molar-refractivity contribution in [1.29, 1.82) is 0 Å². The third-order valence-electron chi connectivity index (χ3n) is 3.41. The maximum atomic E-state index is 12.0. The van der Waals surface area contributed by atoms with Gasteiger partial charge in [-0.15, -0.1) is 5.10 Å². The molecule has 1 saturated heterocycles. The third-order valence-corrected chi connectivity index (χ3v) is 3.41. The van der Waals surface area contributed by atoms with Crippen molar-refractivity contribution in [2.75, 3.05) is 19.7 Å². The van der Waals surface area contributed by atoms with Crippen molar-refractivity contribution < 1.29 is 19.8 Å². The monoisotopic (exact) mass is 297 g/mol. The van der Waals surface area contributed by atoms with Crippen LogP contribution in [0.2, 0.25) is 0 Å². The van der Waals surface area contributed by atoms with E-state index in [2.05, 4.69) is 15.6 Å². The van der Waals surface area contributed by atoms with Gasteiger partial charge in [-0.1, -0.05) is 5.21 Å². The van der Waals surface area contributed by atoms with Crippen molar-refractivity contribution in [2.45, 2.75) is 25.9 Å². The molecule has 1 atom stereocenters. The molecule has 0 bridgehead atoms. The largest absolute Gasteiger partial charge is 0.480 e. The fourth-order valence-corrected chi connectivity index (χ4v) is 2.35. The van der Waals surface area contributed by atoms with Gasteiger partial charge in [-0.05, 0) is 18.8 Å². The highest BCUT2D eigenvalue weighted by molar-refractivity contribution is 5.74. The highest BCUT2D eigenvalue weighted by Crippen LogP contribution is 2.18. The van der Waals surface area contributed by atoms with Gasteiger partial charge < -0.3 is 20.4 Å². The number of hydrogen-bond acceptors (Lipinski definition) is 5. The molecule has 2 heterocycles. The fraction of sp³-hybridized carbons (Fsp3) is 0.667. The summed E-state index contributed by atoms with van der Waals surface area (Å²) in [7, 11) is 0. The van der Waals surface area contributed by atoms with E-state index in [-0.39, 0.29) is 25.7 Å². The van der Waals surface area contributed by atoms with Gasteiger partial charge in [0.25, 0.3) is 0 Å². The number of amides is 2. The molecule has 2 rings (SSSR count). The highest BCUT2D eigenvalue weighted by atomic mass is 16.4. The quantitative estimate of drug-likeness (QED) is 0.637. The molecular formula is C12H19N5O4. The standard InChI is InChI=1S/C12H19N5O4/c18-4-2-9-1-3-16(6-9)12(21)13-5-10-7-17(15-14-10)8-11(19)20/h7,9,18H,1-6,8H2,(H,13,21)(H,19,20). The number of aliphatic carboxylic acids is 1. The van der Waals surface area contributed by atoms with Crippen molar-refractivity contribution in [3.63, 3.8) is 0 Å². The van der Waals surface area contributed by atoms with Crippen LogP contribution in [0.3, 0.4) is 0 Å². The molecule has 1 unspecified atom stereocenters. The van der Waals surface area contributed by atoms with E-state index in [1.165, 1.54) is 10.9 Å². The van der Waals surface area contributed by atoms with Crippen molar-refractivity contribution in [1.82, 2.24) is 25.2 Å². The zero-order chi connectivity index (χ0) is 15.2. The number of aromatic nitrogens is 3. The average molecular weight is 297 g/mol. The first-order valence-corrected chi connectivity index (χ1v) is 6.83. The van der Waals surface area contributed by atoms with Gasteiger partial charge in [0, 0.05) is 19.7 Å². The SMILES string of the molecule is O=C(O)Cn1cc(CNC(=O)N2CCC(CCO)C2)nn1. The Morgan fingerprint density at radius 1 is 1.48 bits per heavy atom. The summed E-state index contributed by atoms with van der Waals surface area (Å²) in [6.45, 7) is 1.43. The van der Waals surface area contributed by atoms with Gasteiger partial charge in [0.2, 0.25) is 0 Å². The number of aliphatic hydroxyl groups is 1. The molecule has 1 aromatic rings. The lowest BCUT2D eigenvalue weighted by atomic mass is 10.1. The Labute approximate surface area is 121 Å². The summed E-state index contributed by atoms with van der Waals surface area (Å²) < 4.78 is 1.21. The normalized spacial score (nSPS) is 18.0.